The molecule has 0 bridgehead atoms. The Morgan fingerprint density at radius 3 is 2.65 bits per heavy atom. The Morgan fingerprint density at radius 2 is 2.00 bits per heavy atom. The maximum Gasteiger partial charge on any atom is 0.223 e. The minimum Gasteiger partial charge on any atom is -0.383 e. The van der Waals surface area contributed by atoms with E-state index in [1.54, 1.807) is 4.68 Å². The number of aliphatic hydroxyl groups is 1. The van der Waals surface area contributed by atoms with E-state index in [-0.39, 0.29) is 11.8 Å². The van der Waals surface area contributed by atoms with Gasteiger partial charge in [0.05, 0.1) is 6.20 Å². The summed E-state index contributed by atoms with van der Waals surface area (Å²) in [4.78, 5) is 12.2. The Labute approximate surface area is 137 Å². The van der Waals surface area contributed by atoms with Crippen molar-refractivity contribution in [2.45, 2.75) is 76.4 Å². The third kappa shape index (κ3) is 4.10. The number of rotatable bonds is 6. The van der Waals surface area contributed by atoms with Gasteiger partial charge in [-0.3, -0.25) is 9.48 Å². The molecule has 0 atom stereocenters. The van der Waals surface area contributed by atoms with Gasteiger partial charge in [-0.05, 0) is 38.5 Å². The summed E-state index contributed by atoms with van der Waals surface area (Å²) in [6.45, 7) is 1.39. The molecule has 1 heterocycles. The first kappa shape index (κ1) is 16.4. The van der Waals surface area contributed by atoms with Crippen LogP contribution in [-0.4, -0.2) is 32.6 Å². The van der Waals surface area contributed by atoms with E-state index < -0.39 is 5.60 Å². The van der Waals surface area contributed by atoms with Crippen LogP contribution in [0.2, 0.25) is 0 Å². The summed E-state index contributed by atoms with van der Waals surface area (Å²) >= 11 is 0. The van der Waals surface area contributed by atoms with Crippen molar-refractivity contribution in [3.63, 3.8) is 0 Å². The zero-order valence-corrected chi connectivity index (χ0v) is 13.8. The number of hydrogen-bond acceptors (Lipinski definition) is 4. The van der Waals surface area contributed by atoms with Crippen LogP contribution in [0.4, 0.5) is 0 Å². The van der Waals surface area contributed by atoms with Crippen LogP contribution < -0.4 is 5.32 Å². The SMILES string of the molecule is O=C(NCCCn1cc(C2(O)CCC2)nn1)C1CCCCCC1. The Morgan fingerprint density at radius 1 is 1.26 bits per heavy atom. The van der Waals surface area contributed by atoms with Crippen molar-refractivity contribution in [2.75, 3.05) is 6.54 Å². The lowest BCUT2D eigenvalue weighted by Crippen LogP contribution is -2.34. The summed E-state index contributed by atoms with van der Waals surface area (Å²) in [5.41, 5.74) is -0.0578. The molecule has 1 amide bonds. The third-order valence-electron chi connectivity index (χ3n) is 5.29. The third-order valence-corrected chi connectivity index (χ3v) is 5.29. The van der Waals surface area contributed by atoms with Crippen LogP contribution in [0.25, 0.3) is 0 Å². The number of amides is 1. The van der Waals surface area contributed by atoms with Gasteiger partial charge >= 0.3 is 0 Å². The maximum atomic E-state index is 12.2. The predicted molar refractivity (Wildman–Crippen MR) is 86.6 cm³/mol. The molecule has 3 rings (SSSR count). The smallest absolute Gasteiger partial charge is 0.223 e. The number of carbonyl (C=O) groups is 1. The van der Waals surface area contributed by atoms with E-state index >= 15 is 0 Å². The Bertz CT molecular complexity index is 516. The van der Waals surface area contributed by atoms with E-state index in [1.165, 1.54) is 25.7 Å². The molecular weight excluding hydrogens is 292 g/mol. The molecule has 0 radical (unpaired) electrons. The molecule has 2 fully saturated rings. The van der Waals surface area contributed by atoms with Gasteiger partial charge in [0.15, 0.2) is 0 Å². The van der Waals surface area contributed by atoms with Gasteiger partial charge in [-0.2, -0.15) is 0 Å². The molecule has 1 aromatic rings. The van der Waals surface area contributed by atoms with Crippen LogP contribution >= 0.6 is 0 Å². The zero-order chi connectivity index (χ0) is 16.1. The highest BCUT2D eigenvalue weighted by Crippen LogP contribution is 2.39. The van der Waals surface area contributed by atoms with Crippen molar-refractivity contribution in [1.82, 2.24) is 20.3 Å². The molecule has 2 aliphatic rings. The molecule has 23 heavy (non-hydrogen) atoms. The van der Waals surface area contributed by atoms with Gasteiger partial charge in [0, 0.05) is 19.0 Å². The molecule has 128 valence electrons. The number of hydrogen-bond donors (Lipinski definition) is 2. The van der Waals surface area contributed by atoms with E-state index in [0.717, 1.165) is 38.5 Å². The van der Waals surface area contributed by atoms with Gasteiger partial charge in [-0.15, -0.1) is 5.10 Å². The van der Waals surface area contributed by atoms with Gasteiger partial charge in [0.2, 0.25) is 5.91 Å². The van der Waals surface area contributed by atoms with Crippen molar-refractivity contribution >= 4 is 5.91 Å². The molecule has 2 saturated carbocycles. The molecule has 0 saturated heterocycles. The van der Waals surface area contributed by atoms with Crippen LogP contribution in [0.15, 0.2) is 6.20 Å². The van der Waals surface area contributed by atoms with Gasteiger partial charge in [-0.1, -0.05) is 30.9 Å². The highest BCUT2D eigenvalue weighted by atomic mass is 16.3. The van der Waals surface area contributed by atoms with E-state index in [2.05, 4.69) is 15.6 Å². The van der Waals surface area contributed by atoms with Crippen LogP contribution in [0, 0.1) is 5.92 Å². The number of nitrogens with one attached hydrogen (secondary N) is 1. The maximum absolute atomic E-state index is 12.2. The number of aryl methyl sites for hydroxylation is 1. The van der Waals surface area contributed by atoms with Crippen LogP contribution in [0.1, 0.15) is 69.9 Å². The van der Waals surface area contributed by atoms with Crippen molar-refractivity contribution < 1.29 is 9.90 Å². The van der Waals surface area contributed by atoms with Gasteiger partial charge in [0.25, 0.3) is 0 Å². The minimum absolute atomic E-state index is 0.211. The fraction of sp³-hybridized carbons (Fsp3) is 0.824. The zero-order valence-electron chi connectivity index (χ0n) is 13.8. The van der Waals surface area contributed by atoms with Crippen LogP contribution in [-0.2, 0) is 16.9 Å². The van der Waals surface area contributed by atoms with Crippen molar-refractivity contribution in [3.8, 4) is 0 Å². The number of nitrogens with zero attached hydrogens (tertiary/aromatic N) is 3. The summed E-state index contributed by atoms with van der Waals surface area (Å²) in [5.74, 6) is 0.429. The predicted octanol–water partition coefficient (Wildman–Crippen LogP) is 2.13. The highest BCUT2D eigenvalue weighted by molar-refractivity contribution is 5.78. The first-order chi connectivity index (χ1) is 11.2. The lowest BCUT2D eigenvalue weighted by atomic mass is 9.78. The summed E-state index contributed by atoms with van der Waals surface area (Å²) in [5, 5.41) is 21.5. The second-order valence-corrected chi connectivity index (χ2v) is 7.09. The van der Waals surface area contributed by atoms with E-state index in [4.69, 9.17) is 0 Å². The van der Waals surface area contributed by atoms with Crippen molar-refractivity contribution in [1.29, 1.82) is 0 Å². The summed E-state index contributed by atoms with van der Waals surface area (Å²) in [6, 6.07) is 0. The first-order valence-corrected chi connectivity index (χ1v) is 9.08. The second-order valence-electron chi connectivity index (χ2n) is 7.09. The van der Waals surface area contributed by atoms with Gasteiger partial charge < -0.3 is 10.4 Å². The normalized spacial score (nSPS) is 21.4. The fourth-order valence-corrected chi connectivity index (χ4v) is 3.53. The van der Waals surface area contributed by atoms with Gasteiger partial charge in [-0.25, -0.2) is 0 Å². The first-order valence-electron chi connectivity index (χ1n) is 9.08. The summed E-state index contributed by atoms with van der Waals surface area (Å²) < 4.78 is 1.77. The fourth-order valence-electron chi connectivity index (χ4n) is 3.53. The topological polar surface area (TPSA) is 80.0 Å². The molecular formula is C17H28N4O2. The average molecular weight is 320 g/mol. The lowest BCUT2D eigenvalue weighted by Gasteiger charge is -2.34. The summed E-state index contributed by atoms with van der Waals surface area (Å²) in [6.07, 6.45) is 12.3. The highest BCUT2D eigenvalue weighted by Gasteiger charge is 2.38. The van der Waals surface area contributed by atoms with E-state index in [1.807, 2.05) is 6.20 Å². The molecule has 6 nitrogen and oxygen atoms in total. The Hall–Kier alpha value is -1.43. The molecule has 0 aromatic carbocycles. The molecule has 1 aromatic heterocycles. The van der Waals surface area contributed by atoms with Crippen molar-refractivity contribution in [3.05, 3.63) is 11.9 Å². The number of carbonyl (C=O) groups excluding carboxylic acids is 1. The number of aromatic nitrogens is 3. The van der Waals surface area contributed by atoms with Crippen LogP contribution in [0.3, 0.4) is 0 Å². The Balaban J connectivity index is 1.37. The van der Waals surface area contributed by atoms with Crippen molar-refractivity contribution in [2.24, 2.45) is 5.92 Å². The van der Waals surface area contributed by atoms with Gasteiger partial charge in [0.1, 0.15) is 11.3 Å². The monoisotopic (exact) mass is 320 g/mol. The second kappa shape index (κ2) is 7.43. The molecule has 2 aliphatic carbocycles. The largest absolute Gasteiger partial charge is 0.383 e. The Kier molecular flexibility index (Phi) is 5.30. The minimum atomic E-state index is -0.744. The molecule has 0 spiro atoms. The van der Waals surface area contributed by atoms with Crippen LogP contribution in [0.5, 0.6) is 0 Å². The molecule has 0 unspecified atom stereocenters. The molecule has 0 aliphatic heterocycles. The van der Waals surface area contributed by atoms with E-state index in [0.29, 0.717) is 18.8 Å². The van der Waals surface area contributed by atoms with E-state index in [9.17, 15) is 9.90 Å². The molecule has 6 heteroatoms. The standard InChI is InChI=1S/C17H28N4O2/c22-16(14-7-3-1-2-4-8-14)18-11-6-12-21-13-15(19-20-21)17(23)9-5-10-17/h13-14,23H,1-12H2,(H,18,22). The lowest BCUT2D eigenvalue weighted by molar-refractivity contribution is -0.125. The quantitative estimate of drug-likeness (QED) is 0.621. The summed E-state index contributed by atoms with van der Waals surface area (Å²) in [7, 11) is 0. The average Bonchev–Trinajstić information content (AvgIpc) is 2.82. The molecule has 2 N–H and O–H groups in total.